The molecule has 1 N–H and O–H groups in total. The van der Waals surface area contributed by atoms with Gasteiger partial charge in [-0.25, -0.2) is 4.39 Å². The fourth-order valence-corrected chi connectivity index (χ4v) is 4.83. The van der Waals surface area contributed by atoms with E-state index in [0.717, 1.165) is 10.5 Å². The molecule has 1 fully saturated rings. The highest BCUT2D eigenvalue weighted by Crippen LogP contribution is 2.38. The number of para-hydroxylation sites is 1. The van der Waals surface area contributed by atoms with Gasteiger partial charge >= 0.3 is 0 Å². The summed E-state index contributed by atoms with van der Waals surface area (Å²) in [6.07, 6.45) is 1.52. The number of amides is 3. The molecule has 7 nitrogen and oxygen atoms in total. The molecule has 1 heterocycles. The highest BCUT2D eigenvalue weighted by molar-refractivity contribution is 9.10. The van der Waals surface area contributed by atoms with Crippen molar-refractivity contribution in [1.29, 1.82) is 0 Å². The molecular formula is C26H19BrClFN2O5S. The van der Waals surface area contributed by atoms with Gasteiger partial charge in [-0.1, -0.05) is 57.9 Å². The summed E-state index contributed by atoms with van der Waals surface area (Å²) in [4.78, 5) is 38.6. The second kappa shape index (κ2) is 11.8. The molecule has 0 atom stereocenters. The molecule has 1 aliphatic rings. The number of nitrogens with one attached hydrogen (secondary N) is 1. The van der Waals surface area contributed by atoms with Crippen LogP contribution in [0.1, 0.15) is 11.1 Å². The van der Waals surface area contributed by atoms with Crippen molar-refractivity contribution in [3.63, 3.8) is 0 Å². The highest BCUT2D eigenvalue weighted by atomic mass is 79.9. The van der Waals surface area contributed by atoms with E-state index in [-0.39, 0.29) is 17.2 Å². The summed E-state index contributed by atoms with van der Waals surface area (Å²) in [6, 6.07) is 16.3. The molecule has 3 aromatic carbocycles. The molecule has 0 bridgehead atoms. The van der Waals surface area contributed by atoms with E-state index in [2.05, 4.69) is 21.2 Å². The smallest absolute Gasteiger partial charge is 0.294 e. The Morgan fingerprint density at radius 3 is 2.59 bits per heavy atom. The summed E-state index contributed by atoms with van der Waals surface area (Å²) in [5.41, 5.74) is 1.32. The maximum atomic E-state index is 13.8. The Labute approximate surface area is 229 Å². The van der Waals surface area contributed by atoms with Crippen LogP contribution in [-0.2, 0) is 16.2 Å². The van der Waals surface area contributed by atoms with Gasteiger partial charge in [0.25, 0.3) is 11.1 Å². The highest BCUT2D eigenvalue weighted by Gasteiger charge is 2.36. The minimum atomic E-state index is -0.698. The average Bonchev–Trinajstić information content (AvgIpc) is 3.13. The number of carbonyl (C=O) groups excluding carboxylic acids is 3. The number of hydrogen-bond acceptors (Lipinski definition) is 6. The van der Waals surface area contributed by atoms with Crippen LogP contribution in [0.4, 0.5) is 14.9 Å². The molecule has 0 aliphatic carbocycles. The topological polar surface area (TPSA) is 84.9 Å². The Morgan fingerprint density at radius 1 is 1.14 bits per heavy atom. The molecule has 190 valence electrons. The van der Waals surface area contributed by atoms with Crippen LogP contribution in [0.15, 0.2) is 70.0 Å². The third kappa shape index (κ3) is 6.33. The van der Waals surface area contributed by atoms with E-state index in [4.69, 9.17) is 21.1 Å². The molecule has 1 saturated heterocycles. The summed E-state index contributed by atoms with van der Waals surface area (Å²) in [6.45, 7) is -0.328. The molecule has 0 aromatic heterocycles. The first-order valence-electron chi connectivity index (χ1n) is 10.8. The number of rotatable bonds is 8. The predicted molar refractivity (Wildman–Crippen MR) is 144 cm³/mol. The molecule has 0 radical (unpaired) electrons. The van der Waals surface area contributed by atoms with Gasteiger partial charge in [0, 0.05) is 15.1 Å². The standard InChI is InChI=1S/C26H19BrClFN2O5S/c1-35-21-10-16(17(27)12-22(21)36-14-15-6-2-3-7-18(15)28)11-23-25(33)31(26(34)37-23)13-24(32)30-20-9-5-4-8-19(20)29/h2-12H,13-14H2,1H3,(H,30,32)/b23-11-. The predicted octanol–water partition coefficient (Wildman–Crippen LogP) is 6.50. The first kappa shape index (κ1) is 26.7. The molecule has 3 amide bonds. The summed E-state index contributed by atoms with van der Waals surface area (Å²) in [5, 5.41) is 2.34. The molecular weight excluding hydrogens is 587 g/mol. The second-order valence-electron chi connectivity index (χ2n) is 7.70. The van der Waals surface area contributed by atoms with Gasteiger partial charge in [0.2, 0.25) is 5.91 Å². The van der Waals surface area contributed by atoms with Crippen molar-refractivity contribution in [1.82, 2.24) is 4.90 Å². The van der Waals surface area contributed by atoms with Gasteiger partial charge in [-0.2, -0.15) is 0 Å². The number of hydrogen-bond donors (Lipinski definition) is 1. The Kier molecular flexibility index (Phi) is 8.52. The Bertz CT molecular complexity index is 1420. The van der Waals surface area contributed by atoms with Crippen LogP contribution in [0.25, 0.3) is 6.08 Å². The van der Waals surface area contributed by atoms with E-state index >= 15 is 0 Å². The number of anilines is 1. The Morgan fingerprint density at radius 2 is 1.86 bits per heavy atom. The average molecular weight is 606 g/mol. The molecule has 0 unspecified atom stereocenters. The van der Waals surface area contributed by atoms with Gasteiger partial charge in [0.15, 0.2) is 11.5 Å². The van der Waals surface area contributed by atoms with Crippen LogP contribution in [0, 0.1) is 5.82 Å². The van der Waals surface area contributed by atoms with Gasteiger partial charge in [-0.3, -0.25) is 19.3 Å². The number of methoxy groups -OCH3 is 1. The van der Waals surface area contributed by atoms with E-state index in [9.17, 15) is 18.8 Å². The van der Waals surface area contributed by atoms with E-state index in [0.29, 0.717) is 38.3 Å². The third-order valence-corrected chi connectivity index (χ3v) is 7.20. The number of benzene rings is 3. The van der Waals surface area contributed by atoms with Crippen LogP contribution >= 0.6 is 39.3 Å². The lowest BCUT2D eigenvalue weighted by molar-refractivity contribution is -0.127. The number of ether oxygens (including phenoxy) is 2. The lowest BCUT2D eigenvalue weighted by Crippen LogP contribution is -2.36. The molecule has 1 aliphatic heterocycles. The first-order valence-corrected chi connectivity index (χ1v) is 12.8. The lowest BCUT2D eigenvalue weighted by atomic mass is 10.1. The molecule has 0 saturated carbocycles. The van der Waals surface area contributed by atoms with Gasteiger partial charge < -0.3 is 14.8 Å². The van der Waals surface area contributed by atoms with Crippen LogP contribution < -0.4 is 14.8 Å². The van der Waals surface area contributed by atoms with Crippen molar-refractivity contribution in [2.45, 2.75) is 6.61 Å². The quantitative estimate of drug-likeness (QED) is 0.295. The maximum absolute atomic E-state index is 13.8. The Hall–Kier alpha value is -3.34. The normalized spacial score (nSPS) is 14.3. The fourth-order valence-electron chi connectivity index (χ4n) is 3.38. The summed E-state index contributed by atoms with van der Waals surface area (Å²) in [5.74, 6) is -1.10. The van der Waals surface area contributed by atoms with Crippen LogP contribution in [0.5, 0.6) is 11.5 Å². The molecule has 4 rings (SSSR count). The lowest BCUT2D eigenvalue weighted by Gasteiger charge is -2.14. The molecule has 37 heavy (non-hydrogen) atoms. The van der Waals surface area contributed by atoms with Gasteiger partial charge in [-0.05, 0) is 53.7 Å². The number of nitrogens with zero attached hydrogens (tertiary/aromatic N) is 1. The zero-order valence-corrected chi connectivity index (χ0v) is 22.5. The van der Waals surface area contributed by atoms with Crippen LogP contribution in [-0.4, -0.2) is 35.6 Å². The zero-order chi connectivity index (χ0) is 26.5. The van der Waals surface area contributed by atoms with E-state index < -0.39 is 29.4 Å². The molecule has 11 heteroatoms. The molecule has 3 aromatic rings. The molecule has 0 spiro atoms. The SMILES string of the molecule is COc1cc(/C=C2\SC(=O)N(CC(=O)Nc3ccccc3F)C2=O)c(Br)cc1OCc1ccccc1Cl. The van der Waals surface area contributed by atoms with Crippen molar-refractivity contribution in [2.75, 3.05) is 19.0 Å². The van der Waals surface area contributed by atoms with Crippen molar-refractivity contribution in [3.8, 4) is 11.5 Å². The second-order valence-corrected chi connectivity index (χ2v) is 9.96. The van der Waals surface area contributed by atoms with Crippen LogP contribution in [0.2, 0.25) is 5.02 Å². The van der Waals surface area contributed by atoms with E-state index in [1.807, 2.05) is 18.2 Å². The van der Waals surface area contributed by atoms with Crippen molar-refractivity contribution >= 4 is 68.1 Å². The Balaban J connectivity index is 1.48. The van der Waals surface area contributed by atoms with Gasteiger partial charge in [0.1, 0.15) is 19.0 Å². The summed E-state index contributed by atoms with van der Waals surface area (Å²) < 4.78 is 25.7. The number of carbonyl (C=O) groups is 3. The largest absolute Gasteiger partial charge is 0.493 e. The van der Waals surface area contributed by atoms with E-state index in [1.54, 1.807) is 24.3 Å². The minimum Gasteiger partial charge on any atom is -0.493 e. The number of imide groups is 1. The summed E-state index contributed by atoms with van der Waals surface area (Å²) in [7, 11) is 1.48. The number of thioether (sulfide) groups is 1. The van der Waals surface area contributed by atoms with E-state index in [1.165, 1.54) is 31.4 Å². The van der Waals surface area contributed by atoms with Crippen molar-refractivity contribution < 1.29 is 28.2 Å². The monoisotopic (exact) mass is 604 g/mol. The third-order valence-electron chi connectivity index (χ3n) is 5.23. The maximum Gasteiger partial charge on any atom is 0.294 e. The van der Waals surface area contributed by atoms with Gasteiger partial charge in [-0.15, -0.1) is 0 Å². The van der Waals surface area contributed by atoms with Gasteiger partial charge in [0.05, 0.1) is 17.7 Å². The van der Waals surface area contributed by atoms with Crippen LogP contribution in [0.3, 0.4) is 0 Å². The number of halogens is 3. The minimum absolute atomic E-state index is 0.0390. The van der Waals surface area contributed by atoms with Crippen molar-refractivity contribution in [2.24, 2.45) is 0 Å². The fraction of sp³-hybridized carbons (Fsp3) is 0.115. The zero-order valence-electron chi connectivity index (χ0n) is 19.3. The first-order chi connectivity index (χ1) is 17.8. The summed E-state index contributed by atoms with van der Waals surface area (Å²) >= 11 is 10.4. The van der Waals surface area contributed by atoms with Crippen molar-refractivity contribution in [3.05, 3.63) is 92.0 Å².